The summed E-state index contributed by atoms with van der Waals surface area (Å²) in [6.45, 7) is 3.35. The minimum atomic E-state index is -0.109. The molecule has 0 aliphatic carbocycles. The highest BCUT2D eigenvalue weighted by molar-refractivity contribution is 5.69. The average molecular weight is 142 g/mol. The van der Waals surface area contributed by atoms with Crippen molar-refractivity contribution in [3.05, 3.63) is 0 Å². The molecular formula is C7H12NO2. The second kappa shape index (κ2) is 3.56. The molecule has 1 aliphatic heterocycles. The van der Waals surface area contributed by atoms with E-state index in [1.807, 2.05) is 0 Å². The quantitative estimate of drug-likeness (QED) is 0.521. The van der Waals surface area contributed by atoms with Crippen LogP contribution in [0.3, 0.4) is 0 Å². The number of rotatable bonds is 2. The SMILES string of the molecule is CCC(=O)OC1CC[N]C1. The zero-order valence-corrected chi connectivity index (χ0v) is 6.17. The third-order valence-electron chi connectivity index (χ3n) is 1.53. The molecule has 3 nitrogen and oxygen atoms in total. The summed E-state index contributed by atoms with van der Waals surface area (Å²) in [5, 5.41) is 4.07. The summed E-state index contributed by atoms with van der Waals surface area (Å²) in [6.07, 6.45) is 1.45. The van der Waals surface area contributed by atoms with Gasteiger partial charge in [0.1, 0.15) is 6.10 Å². The number of ether oxygens (including phenoxy) is 1. The van der Waals surface area contributed by atoms with Gasteiger partial charge in [-0.15, -0.1) is 0 Å². The van der Waals surface area contributed by atoms with Crippen LogP contribution < -0.4 is 5.32 Å². The van der Waals surface area contributed by atoms with E-state index in [4.69, 9.17) is 4.74 Å². The first-order valence-corrected chi connectivity index (χ1v) is 3.65. The average Bonchev–Trinajstić information content (AvgIpc) is 2.40. The van der Waals surface area contributed by atoms with Crippen LogP contribution in [-0.4, -0.2) is 25.2 Å². The molecule has 57 valence electrons. The molecule has 1 fully saturated rings. The molecule has 0 aromatic rings. The Labute approximate surface area is 60.7 Å². The Morgan fingerprint density at radius 3 is 3.10 bits per heavy atom. The van der Waals surface area contributed by atoms with Gasteiger partial charge in [-0.25, -0.2) is 5.32 Å². The van der Waals surface area contributed by atoms with E-state index in [0.29, 0.717) is 13.0 Å². The lowest BCUT2D eigenvalue weighted by molar-refractivity contribution is -0.147. The van der Waals surface area contributed by atoms with E-state index in [9.17, 15) is 4.79 Å². The summed E-state index contributed by atoms with van der Waals surface area (Å²) in [4.78, 5) is 10.7. The largest absolute Gasteiger partial charge is 0.461 e. The maximum Gasteiger partial charge on any atom is 0.305 e. The van der Waals surface area contributed by atoms with Crippen LogP contribution >= 0.6 is 0 Å². The lowest BCUT2D eigenvalue weighted by Gasteiger charge is -2.08. The molecule has 10 heavy (non-hydrogen) atoms. The number of esters is 1. The number of carbonyl (C=O) groups is 1. The Bertz CT molecular complexity index is 119. The lowest BCUT2D eigenvalue weighted by Crippen LogP contribution is -2.18. The molecule has 1 rings (SSSR count). The molecule has 1 saturated heterocycles. The Morgan fingerprint density at radius 1 is 1.80 bits per heavy atom. The Balaban J connectivity index is 2.17. The van der Waals surface area contributed by atoms with Gasteiger partial charge in [-0.05, 0) is 6.42 Å². The van der Waals surface area contributed by atoms with Gasteiger partial charge in [-0.3, -0.25) is 4.79 Å². The molecule has 0 amide bonds. The second-order valence-corrected chi connectivity index (χ2v) is 2.38. The van der Waals surface area contributed by atoms with Crippen molar-refractivity contribution >= 4 is 5.97 Å². The van der Waals surface area contributed by atoms with Crippen molar-refractivity contribution in [1.82, 2.24) is 5.32 Å². The molecule has 0 N–H and O–H groups in total. The summed E-state index contributed by atoms with van der Waals surface area (Å²) in [5.74, 6) is -0.109. The van der Waals surface area contributed by atoms with Crippen molar-refractivity contribution < 1.29 is 9.53 Å². The fourth-order valence-corrected chi connectivity index (χ4v) is 0.927. The van der Waals surface area contributed by atoms with E-state index in [-0.39, 0.29) is 12.1 Å². The maximum atomic E-state index is 10.7. The molecule has 1 aliphatic rings. The summed E-state index contributed by atoms with van der Waals surface area (Å²) in [7, 11) is 0. The number of nitrogens with zero attached hydrogens (tertiary/aromatic N) is 1. The summed E-state index contributed by atoms with van der Waals surface area (Å²) < 4.78 is 5.03. The van der Waals surface area contributed by atoms with Crippen molar-refractivity contribution in [2.45, 2.75) is 25.9 Å². The van der Waals surface area contributed by atoms with Gasteiger partial charge in [0.15, 0.2) is 0 Å². The Morgan fingerprint density at radius 2 is 2.60 bits per heavy atom. The smallest absolute Gasteiger partial charge is 0.305 e. The molecule has 1 radical (unpaired) electrons. The zero-order chi connectivity index (χ0) is 7.40. The number of carbonyl (C=O) groups excluding carboxylic acids is 1. The standard InChI is InChI=1S/C7H12NO2/c1-2-7(9)10-6-3-4-8-5-6/h6H,2-5H2,1H3. The van der Waals surface area contributed by atoms with E-state index in [1.165, 1.54) is 0 Å². The molecule has 1 heterocycles. The summed E-state index contributed by atoms with van der Waals surface area (Å²) >= 11 is 0. The first kappa shape index (κ1) is 7.54. The molecule has 0 bridgehead atoms. The van der Waals surface area contributed by atoms with Crippen LogP contribution in [-0.2, 0) is 9.53 Å². The highest BCUT2D eigenvalue weighted by Gasteiger charge is 2.18. The van der Waals surface area contributed by atoms with E-state index in [1.54, 1.807) is 6.92 Å². The normalized spacial score (nSPS) is 24.7. The van der Waals surface area contributed by atoms with Crippen LogP contribution in [0, 0.1) is 0 Å². The highest BCUT2D eigenvalue weighted by atomic mass is 16.5. The number of hydrogen-bond acceptors (Lipinski definition) is 2. The Hall–Kier alpha value is -0.570. The molecule has 0 aromatic heterocycles. The second-order valence-electron chi connectivity index (χ2n) is 2.38. The third-order valence-corrected chi connectivity index (χ3v) is 1.53. The third kappa shape index (κ3) is 1.99. The molecule has 3 heteroatoms. The predicted octanol–water partition coefficient (Wildman–Crippen LogP) is 0.316. The fourth-order valence-electron chi connectivity index (χ4n) is 0.927. The van der Waals surface area contributed by atoms with Gasteiger partial charge < -0.3 is 4.74 Å². The monoisotopic (exact) mass is 142 g/mol. The summed E-state index contributed by atoms with van der Waals surface area (Å²) in [6, 6.07) is 0. The van der Waals surface area contributed by atoms with E-state index >= 15 is 0 Å². The Kier molecular flexibility index (Phi) is 2.68. The van der Waals surface area contributed by atoms with Gasteiger partial charge in [0.25, 0.3) is 0 Å². The molecule has 0 saturated carbocycles. The van der Waals surface area contributed by atoms with Gasteiger partial charge in [0.2, 0.25) is 0 Å². The van der Waals surface area contributed by atoms with Crippen LogP contribution in [0.5, 0.6) is 0 Å². The zero-order valence-electron chi connectivity index (χ0n) is 6.17. The fraction of sp³-hybridized carbons (Fsp3) is 0.857. The minimum Gasteiger partial charge on any atom is -0.461 e. The van der Waals surface area contributed by atoms with E-state index < -0.39 is 0 Å². The van der Waals surface area contributed by atoms with Crippen molar-refractivity contribution in [3.8, 4) is 0 Å². The highest BCUT2D eigenvalue weighted by Crippen LogP contribution is 2.04. The van der Waals surface area contributed by atoms with E-state index in [0.717, 1.165) is 13.0 Å². The van der Waals surface area contributed by atoms with Crippen molar-refractivity contribution in [3.63, 3.8) is 0 Å². The van der Waals surface area contributed by atoms with E-state index in [2.05, 4.69) is 5.32 Å². The summed E-state index contributed by atoms with van der Waals surface area (Å²) in [5.41, 5.74) is 0. The van der Waals surface area contributed by atoms with Gasteiger partial charge in [0, 0.05) is 13.0 Å². The minimum absolute atomic E-state index is 0.0763. The first-order chi connectivity index (χ1) is 4.83. The molecule has 0 spiro atoms. The van der Waals surface area contributed by atoms with Crippen molar-refractivity contribution in [1.29, 1.82) is 0 Å². The lowest BCUT2D eigenvalue weighted by atomic mass is 10.3. The van der Waals surface area contributed by atoms with Gasteiger partial charge in [-0.1, -0.05) is 6.92 Å². The van der Waals surface area contributed by atoms with Gasteiger partial charge in [0.05, 0.1) is 6.54 Å². The molecular weight excluding hydrogens is 130 g/mol. The van der Waals surface area contributed by atoms with Crippen LogP contribution in [0.1, 0.15) is 19.8 Å². The van der Waals surface area contributed by atoms with Crippen LogP contribution in [0.25, 0.3) is 0 Å². The number of hydrogen-bond donors (Lipinski definition) is 0. The molecule has 1 unspecified atom stereocenters. The maximum absolute atomic E-state index is 10.7. The van der Waals surface area contributed by atoms with Crippen LogP contribution in [0.2, 0.25) is 0 Å². The predicted molar refractivity (Wildman–Crippen MR) is 36.7 cm³/mol. The van der Waals surface area contributed by atoms with Crippen molar-refractivity contribution in [2.75, 3.05) is 13.1 Å². The topological polar surface area (TPSA) is 40.4 Å². The van der Waals surface area contributed by atoms with Crippen LogP contribution in [0.15, 0.2) is 0 Å². The van der Waals surface area contributed by atoms with Gasteiger partial charge in [-0.2, -0.15) is 0 Å². The van der Waals surface area contributed by atoms with Crippen molar-refractivity contribution in [2.24, 2.45) is 0 Å². The van der Waals surface area contributed by atoms with Crippen LogP contribution in [0.4, 0.5) is 0 Å². The van der Waals surface area contributed by atoms with Gasteiger partial charge >= 0.3 is 5.97 Å². The first-order valence-electron chi connectivity index (χ1n) is 3.65. The molecule has 1 atom stereocenters. The molecule has 0 aromatic carbocycles.